The fourth-order valence-corrected chi connectivity index (χ4v) is 3.87. The van der Waals surface area contributed by atoms with Crippen molar-refractivity contribution in [3.05, 3.63) is 35.5 Å². The van der Waals surface area contributed by atoms with E-state index in [1.165, 1.54) is 0 Å². The van der Waals surface area contributed by atoms with Crippen LogP contribution in [0.2, 0.25) is 0 Å². The highest BCUT2D eigenvalue weighted by Gasteiger charge is 2.22. The molecular weight excluding hydrogens is 326 g/mol. The molecule has 2 aromatic rings. The van der Waals surface area contributed by atoms with E-state index in [2.05, 4.69) is 41.2 Å². The summed E-state index contributed by atoms with van der Waals surface area (Å²) >= 11 is 0. The Bertz CT molecular complexity index is 732. The maximum Gasteiger partial charge on any atom is 0.224 e. The molecule has 2 heterocycles. The molecule has 1 atom stereocenters. The molecule has 0 saturated carbocycles. The van der Waals surface area contributed by atoms with Crippen molar-refractivity contribution >= 4 is 16.8 Å². The Morgan fingerprint density at radius 3 is 2.73 bits per heavy atom. The van der Waals surface area contributed by atoms with Gasteiger partial charge in [-0.25, -0.2) is 0 Å². The fourth-order valence-electron chi connectivity index (χ4n) is 3.87. The molecule has 5 heteroatoms. The molecule has 1 aliphatic rings. The number of morpholine rings is 1. The van der Waals surface area contributed by atoms with Crippen molar-refractivity contribution in [2.75, 3.05) is 32.8 Å². The monoisotopic (exact) mass is 357 g/mol. The lowest BCUT2D eigenvalue weighted by atomic mass is 10.0. The van der Waals surface area contributed by atoms with Gasteiger partial charge < -0.3 is 15.0 Å². The Kier molecular flexibility index (Phi) is 6.33. The molecule has 142 valence electrons. The zero-order chi connectivity index (χ0) is 18.5. The summed E-state index contributed by atoms with van der Waals surface area (Å²) in [6, 6.07) is 8.55. The number of aromatic amines is 1. The van der Waals surface area contributed by atoms with Crippen LogP contribution in [0.5, 0.6) is 0 Å². The zero-order valence-electron chi connectivity index (χ0n) is 16.2. The van der Waals surface area contributed by atoms with Crippen molar-refractivity contribution in [1.29, 1.82) is 0 Å². The molecule has 1 aromatic heterocycles. The second-order valence-electron chi connectivity index (χ2n) is 7.69. The van der Waals surface area contributed by atoms with Gasteiger partial charge in [0.05, 0.1) is 19.6 Å². The number of ether oxygens (including phenoxy) is 1. The zero-order valence-corrected chi connectivity index (χ0v) is 16.2. The van der Waals surface area contributed by atoms with E-state index < -0.39 is 0 Å². The van der Waals surface area contributed by atoms with Gasteiger partial charge in [0.25, 0.3) is 0 Å². The SMILES string of the molecule is Cc1[nH]c2ccccc2c1CC(=O)NCC(CC(C)C)N1CCOCC1. The Morgan fingerprint density at radius 2 is 2.00 bits per heavy atom. The van der Waals surface area contributed by atoms with Crippen molar-refractivity contribution in [2.45, 2.75) is 39.7 Å². The molecule has 5 nitrogen and oxygen atoms in total. The molecule has 1 saturated heterocycles. The van der Waals surface area contributed by atoms with Crippen LogP contribution in [0, 0.1) is 12.8 Å². The molecule has 0 aliphatic carbocycles. The first-order chi connectivity index (χ1) is 12.5. The molecule has 1 aliphatic heterocycles. The molecular formula is C21H31N3O2. The minimum absolute atomic E-state index is 0.0971. The number of hydrogen-bond acceptors (Lipinski definition) is 3. The Hall–Kier alpha value is -1.85. The number of rotatable bonds is 7. The molecule has 1 amide bonds. The predicted octanol–water partition coefficient (Wildman–Crippen LogP) is 2.88. The highest BCUT2D eigenvalue weighted by molar-refractivity contribution is 5.90. The van der Waals surface area contributed by atoms with Crippen LogP contribution in [0.25, 0.3) is 10.9 Å². The maximum absolute atomic E-state index is 12.6. The van der Waals surface area contributed by atoms with Crippen LogP contribution < -0.4 is 5.32 Å². The standard InChI is InChI=1S/C21H31N3O2/c1-15(2)12-17(24-8-10-26-11-9-24)14-22-21(25)13-19-16(3)23-20-7-5-4-6-18(19)20/h4-7,15,17,23H,8-14H2,1-3H3,(H,22,25). The quantitative estimate of drug-likeness (QED) is 0.801. The van der Waals surface area contributed by atoms with Gasteiger partial charge in [0.1, 0.15) is 0 Å². The van der Waals surface area contributed by atoms with Crippen LogP contribution in [0.1, 0.15) is 31.5 Å². The van der Waals surface area contributed by atoms with Gasteiger partial charge in [-0.1, -0.05) is 32.0 Å². The summed E-state index contributed by atoms with van der Waals surface area (Å²) in [6.45, 7) is 10.7. The average Bonchev–Trinajstić information content (AvgIpc) is 2.94. The van der Waals surface area contributed by atoms with Crippen LogP contribution in [-0.4, -0.2) is 54.7 Å². The van der Waals surface area contributed by atoms with Gasteiger partial charge >= 0.3 is 0 Å². The summed E-state index contributed by atoms with van der Waals surface area (Å²) in [4.78, 5) is 18.4. The normalized spacial score (nSPS) is 16.9. The van der Waals surface area contributed by atoms with Crippen molar-refractivity contribution in [2.24, 2.45) is 5.92 Å². The minimum Gasteiger partial charge on any atom is -0.379 e. The van der Waals surface area contributed by atoms with Gasteiger partial charge in [0.15, 0.2) is 0 Å². The lowest BCUT2D eigenvalue weighted by Crippen LogP contribution is -2.49. The maximum atomic E-state index is 12.6. The van der Waals surface area contributed by atoms with Crippen LogP contribution in [0.15, 0.2) is 24.3 Å². The van der Waals surface area contributed by atoms with Gasteiger partial charge in [0, 0.05) is 42.3 Å². The number of fused-ring (bicyclic) bond motifs is 1. The third-order valence-electron chi connectivity index (χ3n) is 5.20. The molecule has 3 rings (SSSR count). The smallest absolute Gasteiger partial charge is 0.224 e. The summed E-state index contributed by atoms with van der Waals surface area (Å²) in [5, 5.41) is 4.33. The van der Waals surface area contributed by atoms with Gasteiger partial charge in [-0.05, 0) is 30.9 Å². The second kappa shape index (κ2) is 8.69. The number of benzene rings is 1. The lowest BCUT2D eigenvalue weighted by molar-refractivity contribution is -0.120. The number of nitrogens with one attached hydrogen (secondary N) is 2. The Balaban J connectivity index is 1.61. The third kappa shape index (κ3) is 4.65. The van der Waals surface area contributed by atoms with Crippen molar-refractivity contribution < 1.29 is 9.53 Å². The van der Waals surface area contributed by atoms with E-state index in [1.807, 2.05) is 19.1 Å². The first-order valence-electron chi connectivity index (χ1n) is 9.69. The largest absolute Gasteiger partial charge is 0.379 e. The van der Waals surface area contributed by atoms with Crippen LogP contribution in [0.4, 0.5) is 0 Å². The topological polar surface area (TPSA) is 57.4 Å². The van der Waals surface area contributed by atoms with E-state index in [1.54, 1.807) is 0 Å². The van der Waals surface area contributed by atoms with E-state index in [9.17, 15) is 4.79 Å². The minimum atomic E-state index is 0.0971. The molecule has 1 unspecified atom stereocenters. The number of carbonyl (C=O) groups excluding carboxylic acids is 1. The summed E-state index contributed by atoms with van der Waals surface area (Å²) in [7, 11) is 0. The number of hydrogen-bond donors (Lipinski definition) is 2. The van der Waals surface area contributed by atoms with E-state index >= 15 is 0 Å². The number of carbonyl (C=O) groups is 1. The lowest BCUT2D eigenvalue weighted by Gasteiger charge is -2.35. The number of nitrogens with zero attached hydrogens (tertiary/aromatic N) is 1. The first kappa shape index (κ1) is 18.9. The van der Waals surface area contributed by atoms with Crippen LogP contribution in [-0.2, 0) is 16.0 Å². The number of aryl methyl sites for hydroxylation is 1. The Labute approximate surface area is 156 Å². The van der Waals surface area contributed by atoms with Crippen LogP contribution in [0.3, 0.4) is 0 Å². The number of amides is 1. The molecule has 0 spiro atoms. The van der Waals surface area contributed by atoms with E-state index in [-0.39, 0.29) is 5.91 Å². The van der Waals surface area contributed by atoms with E-state index in [0.717, 1.165) is 54.9 Å². The van der Waals surface area contributed by atoms with Crippen molar-refractivity contribution in [3.63, 3.8) is 0 Å². The number of H-pyrrole nitrogens is 1. The predicted molar refractivity (Wildman–Crippen MR) is 105 cm³/mol. The highest BCUT2D eigenvalue weighted by Crippen LogP contribution is 2.22. The highest BCUT2D eigenvalue weighted by atomic mass is 16.5. The fraction of sp³-hybridized carbons (Fsp3) is 0.571. The molecule has 2 N–H and O–H groups in total. The molecule has 1 aromatic carbocycles. The summed E-state index contributed by atoms with van der Waals surface area (Å²) < 4.78 is 5.47. The number of aromatic nitrogens is 1. The van der Waals surface area contributed by atoms with Gasteiger partial charge in [-0.2, -0.15) is 0 Å². The van der Waals surface area contributed by atoms with E-state index in [4.69, 9.17) is 4.74 Å². The summed E-state index contributed by atoms with van der Waals surface area (Å²) in [5.41, 5.74) is 3.27. The third-order valence-corrected chi connectivity index (χ3v) is 5.20. The molecule has 26 heavy (non-hydrogen) atoms. The summed E-state index contributed by atoms with van der Waals surface area (Å²) in [6.07, 6.45) is 1.51. The Morgan fingerprint density at radius 1 is 1.27 bits per heavy atom. The van der Waals surface area contributed by atoms with Crippen molar-refractivity contribution in [3.8, 4) is 0 Å². The summed E-state index contributed by atoms with van der Waals surface area (Å²) in [5.74, 6) is 0.704. The molecule has 0 bridgehead atoms. The van der Waals surface area contributed by atoms with Gasteiger partial charge in [0.2, 0.25) is 5.91 Å². The number of para-hydroxylation sites is 1. The van der Waals surface area contributed by atoms with Gasteiger partial charge in [-0.15, -0.1) is 0 Å². The molecule has 1 fully saturated rings. The second-order valence-corrected chi connectivity index (χ2v) is 7.69. The molecule has 0 radical (unpaired) electrons. The van der Waals surface area contributed by atoms with Gasteiger partial charge in [-0.3, -0.25) is 9.69 Å². The van der Waals surface area contributed by atoms with Crippen molar-refractivity contribution in [1.82, 2.24) is 15.2 Å². The first-order valence-corrected chi connectivity index (χ1v) is 9.69. The average molecular weight is 357 g/mol. The van der Waals surface area contributed by atoms with Crippen LogP contribution >= 0.6 is 0 Å². The van der Waals surface area contributed by atoms with E-state index in [0.29, 0.717) is 24.9 Å².